The predicted octanol–water partition coefficient (Wildman–Crippen LogP) is 2.43. The van der Waals surface area contributed by atoms with Gasteiger partial charge in [0, 0.05) is 12.1 Å². The van der Waals surface area contributed by atoms with Gasteiger partial charge in [-0.05, 0) is 43.7 Å². The number of nitrogen functional groups attached to an aromatic ring is 1. The number of hydrogen-bond donors (Lipinski definition) is 2. The van der Waals surface area contributed by atoms with E-state index in [1.807, 2.05) is 28.9 Å². The maximum absolute atomic E-state index is 6.15. The SMILES string of the molecule is COc1ccc(-c2nn([C@@H]3CCCNC3)c3ncnc(N)c23)cc1.Cl. The Bertz CT molecular complexity index is 857. The van der Waals surface area contributed by atoms with Crippen LogP contribution in [-0.4, -0.2) is 39.9 Å². The van der Waals surface area contributed by atoms with Gasteiger partial charge in [0.25, 0.3) is 0 Å². The number of ether oxygens (including phenoxy) is 1. The van der Waals surface area contributed by atoms with Crippen LogP contribution < -0.4 is 15.8 Å². The Labute approximate surface area is 152 Å². The molecule has 3 aromatic rings. The lowest BCUT2D eigenvalue weighted by molar-refractivity contribution is 0.354. The summed E-state index contributed by atoms with van der Waals surface area (Å²) in [5, 5.41) is 9.09. The standard InChI is InChI=1S/C17H20N6O.ClH/c1-24-13-6-4-11(5-7-13)15-14-16(18)20-10-21-17(14)23(22-15)12-3-2-8-19-9-12;/h4-7,10,12,19H,2-3,8-9H2,1H3,(H2,18,20,21);1H/t12-;/m1./s1. The van der Waals surface area contributed by atoms with Crippen LogP contribution in [0.1, 0.15) is 18.9 Å². The summed E-state index contributed by atoms with van der Waals surface area (Å²) in [5.74, 6) is 1.27. The Morgan fingerprint density at radius 1 is 1.24 bits per heavy atom. The zero-order valence-electron chi connectivity index (χ0n) is 14.0. The van der Waals surface area contributed by atoms with Crippen LogP contribution in [0.4, 0.5) is 5.82 Å². The Balaban J connectivity index is 0.00000182. The molecule has 1 aliphatic rings. The summed E-state index contributed by atoms with van der Waals surface area (Å²) in [5.41, 5.74) is 8.73. The third-order valence-corrected chi connectivity index (χ3v) is 4.50. The molecular weight excluding hydrogens is 340 g/mol. The van der Waals surface area contributed by atoms with Crippen molar-refractivity contribution in [2.75, 3.05) is 25.9 Å². The first-order chi connectivity index (χ1) is 11.8. The van der Waals surface area contributed by atoms with Crippen LogP contribution in [-0.2, 0) is 0 Å². The molecule has 1 aromatic carbocycles. The van der Waals surface area contributed by atoms with Gasteiger partial charge in [-0.1, -0.05) is 0 Å². The lowest BCUT2D eigenvalue weighted by Crippen LogP contribution is -2.32. The number of piperidine rings is 1. The molecule has 0 bridgehead atoms. The second kappa shape index (κ2) is 7.25. The second-order valence-corrected chi connectivity index (χ2v) is 5.98. The minimum absolute atomic E-state index is 0. The molecule has 0 saturated carbocycles. The van der Waals surface area contributed by atoms with Crippen molar-refractivity contribution in [3.8, 4) is 17.0 Å². The number of fused-ring (bicyclic) bond motifs is 1. The highest BCUT2D eigenvalue weighted by Gasteiger charge is 2.23. The Morgan fingerprint density at radius 2 is 2.04 bits per heavy atom. The topological polar surface area (TPSA) is 90.9 Å². The maximum Gasteiger partial charge on any atom is 0.164 e. The van der Waals surface area contributed by atoms with E-state index in [2.05, 4.69) is 15.3 Å². The molecule has 0 aliphatic carbocycles. The second-order valence-electron chi connectivity index (χ2n) is 5.98. The molecule has 2 aromatic heterocycles. The number of nitrogens with two attached hydrogens (primary N) is 1. The van der Waals surface area contributed by atoms with Crippen molar-refractivity contribution in [2.45, 2.75) is 18.9 Å². The van der Waals surface area contributed by atoms with Crippen molar-refractivity contribution in [3.63, 3.8) is 0 Å². The lowest BCUT2D eigenvalue weighted by atomic mass is 10.1. The van der Waals surface area contributed by atoms with Crippen LogP contribution >= 0.6 is 12.4 Å². The molecule has 8 heteroatoms. The first-order valence-electron chi connectivity index (χ1n) is 8.12. The number of anilines is 1. The van der Waals surface area contributed by atoms with Crippen LogP contribution in [0.5, 0.6) is 5.75 Å². The maximum atomic E-state index is 6.15. The van der Waals surface area contributed by atoms with E-state index in [4.69, 9.17) is 15.6 Å². The zero-order valence-corrected chi connectivity index (χ0v) is 14.8. The summed E-state index contributed by atoms with van der Waals surface area (Å²) in [7, 11) is 1.65. The largest absolute Gasteiger partial charge is 0.497 e. The summed E-state index contributed by atoms with van der Waals surface area (Å²) < 4.78 is 7.23. The molecule has 4 rings (SSSR count). The van der Waals surface area contributed by atoms with E-state index in [-0.39, 0.29) is 18.4 Å². The monoisotopic (exact) mass is 360 g/mol. The van der Waals surface area contributed by atoms with E-state index < -0.39 is 0 Å². The van der Waals surface area contributed by atoms with Crippen molar-refractivity contribution in [1.82, 2.24) is 25.1 Å². The van der Waals surface area contributed by atoms with Crippen molar-refractivity contribution in [2.24, 2.45) is 0 Å². The fourth-order valence-electron chi connectivity index (χ4n) is 3.24. The van der Waals surface area contributed by atoms with Crippen LogP contribution in [0.25, 0.3) is 22.3 Å². The third kappa shape index (κ3) is 3.12. The number of benzene rings is 1. The predicted molar refractivity (Wildman–Crippen MR) is 100 cm³/mol. The summed E-state index contributed by atoms with van der Waals surface area (Å²) in [6.07, 6.45) is 3.71. The van der Waals surface area contributed by atoms with Gasteiger partial charge in [0.05, 0.1) is 18.5 Å². The molecule has 0 spiro atoms. The number of rotatable bonds is 3. The summed E-state index contributed by atoms with van der Waals surface area (Å²) >= 11 is 0. The molecule has 0 radical (unpaired) electrons. The highest BCUT2D eigenvalue weighted by atomic mass is 35.5. The first kappa shape index (κ1) is 17.4. The molecule has 25 heavy (non-hydrogen) atoms. The van der Waals surface area contributed by atoms with Gasteiger partial charge < -0.3 is 15.8 Å². The molecule has 0 unspecified atom stereocenters. The van der Waals surface area contributed by atoms with Crippen LogP contribution in [0.2, 0.25) is 0 Å². The minimum atomic E-state index is 0. The average Bonchev–Trinajstić information content (AvgIpc) is 3.04. The zero-order chi connectivity index (χ0) is 16.5. The Morgan fingerprint density at radius 3 is 2.72 bits per heavy atom. The summed E-state index contributed by atoms with van der Waals surface area (Å²) in [4.78, 5) is 8.61. The van der Waals surface area contributed by atoms with Crippen LogP contribution in [0, 0.1) is 0 Å². The molecule has 3 N–H and O–H groups in total. The molecule has 132 valence electrons. The minimum Gasteiger partial charge on any atom is -0.497 e. The third-order valence-electron chi connectivity index (χ3n) is 4.50. The number of aromatic nitrogens is 4. The summed E-state index contributed by atoms with van der Waals surface area (Å²) in [6.45, 7) is 1.95. The molecule has 1 saturated heterocycles. The highest BCUT2D eigenvalue weighted by Crippen LogP contribution is 2.33. The van der Waals surface area contributed by atoms with E-state index in [0.29, 0.717) is 5.82 Å². The molecule has 1 atom stereocenters. The van der Waals surface area contributed by atoms with Gasteiger partial charge >= 0.3 is 0 Å². The van der Waals surface area contributed by atoms with Crippen molar-refractivity contribution >= 4 is 29.3 Å². The van der Waals surface area contributed by atoms with Gasteiger partial charge in [0.15, 0.2) is 5.65 Å². The number of methoxy groups -OCH3 is 1. The van der Waals surface area contributed by atoms with Crippen molar-refractivity contribution in [1.29, 1.82) is 0 Å². The highest BCUT2D eigenvalue weighted by molar-refractivity contribution is 5.98. The fraction of sp³-hybridized carbons (Fsp3) is 0.353. The normalized spacial score (nSPS) is 17.2. The lowest BCUT2D eigenvalue weighted by Gasteiger charge is -2.23. The molecule has 1 fully saturated rings. The Hall–Kier alpha value is -2.38. The van der Waals surface area contributed by atoms with Crippen LogP contribution in [0.15, 0.2) is 30.6 Å². The number of halogens is 1. The first-order valence-corrected chi connectivity index (χ1v) is 8.12. The van der Waals surface area contributed by atoms with Gasteiger partial charge in [-0.15, -0.1) is 12.4 Å². The summed E-state index contributed by atoms with van der Waals surface area (Å²) in [6, 6.07) is 8.08. The van der Waals surface area contributed by atoms with Gasteiger partial charge in [-0.3, -0.25) is 0 Å². The van der Waals surface area contributed by atoms with Crippen molar-refractivity contribution in [3.05, 3.63) is 30.6 Å². The van der Waals surface area contributed by atoms with E-state index in [9.17, 15) is 0 Å². The number of nitrogens with one attached hydrogen (secondary N) is 1. The smallest absolute Gasteiger partial charge is 0.164 e. The Kier molecular flexibility index (Phi) is 5.06. The quantitative estimate of drug-likeness (QED) is 0.745. The van der Waals surface area contributed by atoms with Gasteiger partial charge in [0.1, 0.15) is 23.6 Å². The fourth-order valence-corrected chi connectivity index (χ4v) is 3.24. The molecular formula is C17H21ClN6O. The van der Waals surface area contributed by atoms with Crippen molar-refractivity contribution < 1.29 is 4.74 Å². The van der Waals surface area contributed by atoms with Gasteiger partial charge in [-0.2, -0.15) is 5.10 Å². The number of nitrogens with zero attached hydrogens (tertiary/aromatic N) is 4. The molecule has 1 aliphatic heterocycles. The molecule has 3 heterocycles. The molecule has 7 nitrogen and oxygen atoms in total. The van der Waals surface area contributed by atoms with E-state index >= 15 is 0 Å². The molecule has 0 amide bonds. The van der Waals surface area contributed by atoms with Crippen LogP contribution in [0.3, 0.4) is 0 Å². The van der Waals surface area contributed by atoms with E-state index in [0.717, 1.165) is 54.0 Å². The van der Waals surface area contributed by atoms with E-state index in [1.165, 1.54) is 6.33 Å². The average molecular weight is 361 g/mol. The van der Waals surface area contributed by atoms with Gasteiger partial charge in [-0.25, -0.2) is 14.6 Å². The number of hydrogen-bond acceptors (Lipinski definition) is 6. The van der Waals surface area contributed by atoms with Gasteiger partial charge in [0.2, 0.25) is 0 Å². The van der Waals surface area contributed by atoms with E-state index in [1.54, 1.807) is 7.11 Å².